The van der Waals surface area contributed by atoms with E-state index >= 15 is 0 Å². The van der Waals surface area contributed by atoms with Crippen molar-refractivity contribution in [2.24, 2.45) is 5.73 Å². The Kier molecular flexibility index (Phi) is 3.42. The summed E-state index contributed by atoms with van der Waals surface area (Å²) < 4.78 is 4.50. The Bertz CT molecular complexity index is 552. The van der Waals surface area contributed by atoms with E-state index in [0.29, 0.717) is 0 Å². The Morgan fingerprint density at radius 1 is 1.42 bits per heavy atom. The Morgan fingerprint density at radius 2 is 2.32 bits per heavy atom. The molecule has 0 aromatic carbocycles. The number of nitrogens with zero attached hydrogens (tertiary/aromatic N) is 3. The molecule has 0 radical (unpaired) electrons. The first kappa shape index (κ1) is 12.5. The van der Waals surface area contributed by atoms with Gasteiger partial charge in [-0.05, 0) is 36.8 Å². The Morgan fingerprint density at radius 3 is 3.11 bits per heavy atom. The van der Waals surface area contributed by atoms with Crippen LogP contribution in [0.4, 0.5) is 0 Å². The van der Waals surface area contributed by atoms with E-state index in [0.717, 1.165) is 25.9 Å². The molecular formula is C15H22N4. The lowest BCUT2D eigenvalue weighted by Gasteiger charge is -2.17. The lowest BCUT2D eigenvalue weighted by molar-refractivity contribution is 0.573. The molecule has 2 aromatic heterocycles. The van der Waals surface area contributed by atoms with E-state index in [1.165, 1.54) is 29.7 Å². The maximum Gasteiger partial charge on any atom is 0.0948 e. The lowest BCUT2D eigenvalue weighted by Crippen LogP contribution is -2.15. The Balaban J connectivity index is 1.81. The average molecular weight is 258 g/mol. The molecule has 1 unspecified atom stereocenters. The molecule has 2 N–H and O–H groups in total. The molecule has 2 heterocycles. The molecule has 19 heavy (non-hydrogen) atoms. The second-order valence-electron chi connectivity index (χ2n) is 5.49. The summed E-state index contributed by atoms with van der Waals surface area (Å²) in [5.74, 6) is 0. The van der Waals surface area contributed by atoms with Crippen LogP contribution in [0.5, 0.6) is 0 Å². The van der Waals surface area contributed by atoms with Crippen LogP contribution in [0.2, 0.25) is 0 Å². The zero-order chi connectivity index (χ0) is 13.2. The number of imidazole rings is 1. The minimum atomic E-state index is 0.227. The summed E-state index contributed by atoms with van der Waals surface area (Å²) in [4.78, 5) is 4.26. The van der Waals surface area contributed by atoms with Crippen LogP contribution in [0.25, 0.3) is 0 Å². The largest absolute Gasteiger partial charge is 0.348 e. The molecule has 2 aromatic rings. The van der Waals surface area contributed by atoms with Crippen molar-refractivity contribution in [2.75, 3.05) is 0 Å². The van der Waals surface area contributed by atoms with E-state index in [2.05, 4.69) is 33.4 Å². The average Bonchev–Trinajstić information content (AvgIpc) is 2.98. The second kappa shape index (κ2) is 5.21. The van der Waals surface area contributed by atoms with Gasteiger partial charge in [0.2, 0.25) is 0 Å². The van der Waals surface area contributed by atoms with Crippen LogP contribution in [-0.2, 0) is 19.5 Å². The molecular weight excluding hydrogens is 236 g/mol. The standard InChI is InChI=1S/C15H22N4/c1-2-6-19-11-17-7-13(19)9-18-8-12-4-3-5-15(16)14(12)10-18/h7-8,10-11,15H,2-6,9,16H2,1H3. The number of hydrogen-bond donors (Lipinski definition) is 1. The number of rotatable bonds is 4. The van der Waals surface area contributed by atoms with Gasteiger partial charge >= 0.3 is 0 Å². The third-order valence-corrected chi connectivity index (χ3v) is 3.97. The van der Waals surface area contributed by atoms with Crippen molar-refractivity contribution in [2.45, 2.75) is 51.7 Å². The number of nitrogens with two attached hydrogens (primary N) is 1. The van der Waals surface area contributed by atoms with Gasteiger partial charge in [0.1, 0.15) is 0 Å². The van der Waals surface area contributed by atoms with Crippen molar-refractivity contribution >= 4 is 0 Å². The van der Waals surface area contributed by atoms with Crippen LogP contribution in [0.1, 0.15) is 49.0 Å². The predicted molar refractivity (Wildman–Crippen MR) is 75.9 cm³/mol. The van der Waals surface area contributed by atoms with Gasteiger partial charge < -0.3 is 14.9 Å². The summed E-state index contributed by atoms with van der Waals surface area (Å²) in [6, 6.07) is 0.227. The molecule has 0 bridgehead atoms. The highest BCUT2D eigenvalue weighted by Crippen LogP contribution is 2.28. The van der Waals surface area contributed by atoms with Crippen molar-refractivity contribution < 1.29 is 0 Å². The van der Waals surface area contributed by atoms with Crippen molar-refractivity contribution in [1.82, 2.24) is 14.1 Å². The van der Waals surface area contributed by atoms with Crippen LogP contribution in [0.3, 0.4) is 0 Å². The zero-order valence-corrected chi connectivity index (χ0v) is 11.5. The van der Waals surface area contributed by atoms with E-state index in [1.807, 2.05) is 12.5 Å². The quantitative estimate of drug-likeness (QED) is 0.916. The monoisotopic (exact) mass is 258 g/mol. The first-order valence-electron chi connectivity index (χ1n) is 7.21. The molecule has 0 fully saturated rings. The summed E-state index contributed by atoms with van der Waals surface area (Å²) in [5.41, 5.74) is 10.2. The first-order chi connectivity index (χ1) is 9.28. The van der Waals surface area contributed by atoms with Gasteiger partial charge in [-0.25, -0.2) is 4.98 Å². The molecule has 3 rings (SSSR count). The van der Waals surface area contributed by atoms with Gasteiger partial charge in [0, 0.05) is 31.2 Å². The summed E-state index contributed by atoms with van der Waals surface area (Å²) in [6.07, 6.45) is 13.0. The Labute approximate surface area is 114 Å². The van der Waals surface area contributed by atoms with E-state index in [4.69, 9.17) is 5.73 Å². The minimum Gasteiger partial charge on any atom is -0.348 e. The maximum atomic E-state index is 6.18. The van der Waals surface area contributed by atoms with Gasteiger partial charge in [0.15, 0.2) is 0 Å². The van der Waals surface area contributed by atoms with Gasteiger partial charge in [-0.2, -0.15) is 0 Å². The molecule has 0 aliphatic heterocycles. The van der Waals surface area contributed by atoms with Crippen LogP contribution in [0, 0.1) is 0 Å². The number of hydrogen-bond acceptors (Lipinski definition) is 2. The molecule has 4 nitrogen and oxygen atoms in total. The topological polar surface area (TPSA) is 48.8 Å². The lowest BCUT2D eigenvalue weighted by atomic mass is 9.92. The highest BCUT2D eigenvalue weighted by atomic mass is 15.1. The van der Waals surface area contributed by atoms with E-state index in [-0.39, 0.29) is 6.04 Å². The van der Waals surface area contributed by atoms with Crippen LogP contribution in [0.15, 0.2) is 24.9 Å². The molecule has 1 aliphatic rings. The summed E-state index contributed by atoms with van der Waals surface area (Å²) in [5, 5.41) is 0. The first-order valence-corrected chi connectivity index (χ1v) is 7.21. The highest BCUT2D eigenvalue weighted by Gasteiger charge is 2.18. The van der Waals surface area contributed by atoms with Gasteiger partial charge in [0.25, 0.3) is 0 Å². The summed E-state index contributed by atoms with van der Waals surface area (Å²) in [7, 11) is 0. The second-order valence-corrected chi connectivity index (χ2v) is 5.49. The van der Waals surface area contributed by atoms with Crippen LogP contribution < -0.4 is 5.73 Å². The van der Waals surface area contributed by atoms with E-state index in [1.54, 1.807) is 0 Å². The fraction of sp³-hybridized carbons (Fsp3) is 0.533. The van der Waals surface area contributed by atoms with Crippen molar-refractivity contribution in [3.8, 4) is 0 Å². The molecule has 102 valence electrons. The van der Waals surface area contributed by atoms with Crippen LogP contribution >= 0.6 is 0 Å². The molecule has 1 aliphatic carbocycles. The summed E-state index contributed by atoms with van der Waals surface area (Å²) in [6.45, 7) is 4.12. The minimum absolute atomic E-state index is 0.227. The molecule has 0 saturated carbocycles. The molecule has 1 atom stereocenters. The summed E-state index contributed by atoms with van der Waals surface area (Å²) >= 11 is 0. The van der Waals surface area contributed by atoms with Gasteiger partial charge in [0.05, 0.1) is 18.6 Å². The Hall–Kier alpha value is -1.55. The van der Waals surface area contributed by atoms with Crippen molar-refractivity contribution in [1.29, 1.82) is 0 Å². The molecule has 0 amide bonds. The number of fused-ring (bicyclic) bond motifs is 1. The van der Waals surface area contributed by atoms with Crippen molar-refractivity contribution in [3.63, 3.8) is 0 Å². The fourth-order valence-electron chi connectivity index (χ4n) is 2.98. The van der Waals surface area contributed by atoms with Crippen LogP contribution in [-0.4, -0.2) is 14.1 Å². The van der Waals surface area contributed by atoms with Crippen molar-refractivity contribution in [3.05, 3.63) is 41.7 Å². The predicted octanol–water partition coefficient (Wildman–Crippen LogP) is 2.48. The fourth-order valence-corrected chi connectivity index (χ4v) is 2.98. The molecule has 0 saturated heterocycles. The third kappa shape index (κ3) is 2.45. The third-order valence-electron chi connectivity index (χ3n) is 3.97. The normalized spacial score (nSPS) is 18.5. The maximum absolute atomic E-state index is 6.18. The van der Waals surface area contributed by atoms with E-state index in [9.17, 15) is 0 Å². The highest BCUT2D eigenvalue weighted by molar-refractivity contribution is 5.30. The number of aromatic nitrogens is 3. The molecule has 0 spiro atoms. The van der Waals surface area contributed by atoms with E-state index < -0.39 is 0 Å². The molecule has 4 heteroatoms. The zero-order valence-electron chi connectivity index (χ0n) is 11.5. The number of aryl methyl sites for hydroxylation is 2. The van der Waals surface area contributed by atoms with Gasteiger partial charge in [-0.3, -0.25) is 0 Å². The smallest absolute Gasteiger partial charge is 0.0948 e. The van der Waals surface area contributed by atoms with Gasteiger partial charge in [-0.1, -0.05) is 6.92 Å². The SMILES string of the molecule is CCCn1cncc1Cn1cc2c(c1)C(N)CCC2. The van der Waals surface area contributed by atoms with Gasteiger partial charge in [-0.15, -0.1) is 0 Å².